The van der Waals surface area contributed by atoms with Crippen molar-refractivity contribution in [3.05, 3.63) is 0 Å². The van der Waals surface area contributed by atoms with Crippen molar-refractivity contribution in [2.75, 3.05) is 20.1 Å². The van der Waals surface area contributed by atoms with Crippen molar-refractivity contribution in [2.45, 2.75) is 42.9 Å². The van der Waals surface area contributed by atoms with Gasteiger partial charge in [-0.1, -0.05) is 6.92 Å². The fourth-order valence-corrected chi connectivity index (χ4v) is 4.27. The Morgan fingerprint density at radius 1 is 1.46 bits per heavy atom. The fourth-order valence-electron chi connectivity index (χ4n) is 2.46. The summed E-state index contributed by atoms with van der Waals surface area (Å²) in [6, 6.07) is 0.741. The van der Waals surface area contributed by atoms with Gasteiger partial charge in [-0.15, -0.1) is 11.8 Å². The molecule has 2 aliphatic heterocycles. The van der Waals surface area contributed by atoms with Crippen molar-refractivity contribution in [3.8, 4) is 0 Å². The molecule has 0 aliphatic carbocycles. The predicted molar refractivity (Wildman–Crippen MR) is 59.1 cm³/mol. The van der Waals surface area contributed by atoms with E-state index in [-0.39, 0.29) is 0 Å². The van der Waals surface area contributed by atoms with Crippen LogP contribution in [0.2, 0.25) is 0 Å². The molecule has 1 N–H and O–H groups in total. The van der Waals surface area contributed by atoms with Gasteiger partial charge in [0.25, 0.3) is 0 Å². The van der Waals surface area contributed by atoms with E-state index in [1.807, 2.05) is 0 Å². The summed E-state index contributed by atoms with van der Waals surface area (Å²) in [6.45, 7) is 7.10. The standard InChI is InChI=1S/C10H20N2S/c1-8-6-10(7-12(8)3)11-5-4-9(2)13-10/h8-9,11H,4-7H2,1-3H3. The summed E-state index contributed by atoms with van der Waals surface area (Å²) in [7, 11) is 2.24. The molecule has 13 heavy (non-hydrogen) atoms. The first-order chi connectivity index (χ1) is 6.11. The number of likely N-dealkylation sites (N-methyl/N-ethyl adjacent to an activating group) is 1. The quantitative estimate of drug-likeness (QED) is 0.638. The van der Waals surface area contributed by atoms with Crippen molar-refractivity contribution in [1.29, 1.82) is 0 Å². The average Bonchev–Trinajstić information content (AvgIpc) is 2.26. The smallest absolute Gasteiger partial charge is 0.0791 e. The third-order valence-corrected chi connectivity index (χ3v) is 4.84. The third-order valence-electron chi connectivity index (χ3n) is 3.31. The summed E-state index contributed by atoms with van der Waals surface area (Å²) in [5.74, 6) is 0. The second-order valence-electron chi connectivity index (χ2n) is 4.61. The van der Waals surface area contributed by atoms with Crippen LogP contribution in [0, 0.1) is 0 Å². The Balaban J connectivity index is 2.04. The molecule has 2 aliphatic rings. The van der Waals surface area contributed by atoms with E-state index in [4.69, 9.17) is 0 Å². The van der Waals surface area contributed by atoms with Gasteiger partial charge in [0, 0.05) is 17.8 Å². The van der Waals surface area contributed by atoms with Crippen LogP contribution in [0.4, 0.5) is 0 Å². The van der Waals surface area contributed by atoms with E-state index in [1.165, 1.54) is 25.9 Å². The highest BCUT2D eigenvalue weighted by atomic mass is 32.2. The molecule has 76 valence electrons. The fraction of sp³-hybridized carbons (Fsp3) is 1.00. The number of hydrogen-bond acceptors (Lipinski definition) is 3. The first kappa shape index (κ1) is 9.81. The molecular formula is C10H20N2S. The Kier molecular flexibility index (Phi) is 2.60. The third kappa shape index (κ3) is 1.88. The minimum atomic E-state index is 0.381. The van der Waals surface area contributed by atoms with Crippen molar-refractivity contribution in [1.82, 2.24) is 10.2 Å². The number of likely N-dealkylation sites (tertiary alicyclic amines) is 1. The number of thioether (sulfide) groups is 1. The molecule has 0 aromatic carbocycles. The van der Waals surface area contributed by atoms with Gasteiger partial charge in [-0.25, -0.2) is 0 Å². The molecule has 0 aromatic heterocycles. The normalized spacial score (nSPS) is 47.3. The van der Waals surface area contributed by atoms with Crippen molar-refractivity contribution >= 4 is 11.8 Å². The lowest BCUT2D eigenvalue weighted by Gasteiger charge is -2.37. The van der Waals surface area contributed by atoms with E-state index in [0.717, 1.165) is 11.3 Å². The van der Waals surface area contributed by atoms with Crippen molar-refractivity contribution in [2.24, 2.45) is 0 Å². The molecule has 2 rings (SSSR count). The maximum absolute atomic E-state index is 3.71. The van der Waals surface area contributed by atoms with Gasteiger partial charge in [0.15, 0.2) is 0 Å². The Morgan fingerprint density at radius 2 is 2.23 bits per heavy atom. The van der Waals surface area contributed by atoms with Crippen LogP contribution in [0.1, 0.15) is 26.7 Å². The minimum absolute atomic E-state index is 0.381. The summed E-state index contributed by atoms with van der Waals surface area (Å²) < 4.78 is 0. The molecular weight excluding hydrogens is 180 g/mol. The summed E-state index contributed by atoms with van der Waals surface area (Å²) in [5.41, 5.74) is 0. The van der Waals surface area contributed by atoms with Crippen molar-refractivity contribution in [3.63, 3.8) is 0 Å². The maximum atomic E-state index is 3.71. The monoisotopic (exact) mass is 200 g/mol. The largest absolute Gasteiger partial charge is 0.302 e. The molecule has 0 radical (unpaired) electrons. The van der Waals surface area contributed by atoms with Crippen LogP contribution in [-0.4, -0.2) is 41.2 Å². The molecule has 0 saturated carbocycles. The second kappa shape index (κ2) is 3.44. The predicted octanol–water partition coefficient (Wildman–Crippen LogP) is 1.52. The molecule has 3 heteroatoms. The number of rotatable bonds is 0. The molecule has 2 fully saturated rings. The Morgan fingerprint density at radius 3 is 2.77 bits per heavy atom. The summed E-state index contributed by atoms with van der Waals surface area (Å²) in [6.07, 6.45) is 2.63. The summed E-state index contributed by atoms with van der Waals surface area (Å²) >= 11 is 2.15. The van der Waals surface area contributed by atoms with Gasteiger partial charge in [0.05, 0.1) is 4.87 Å². The topological polar surface area (TPSA) is 15.3 Å². The van der Waals surface area contributed by atoms with E-state index in [0.29, 0.717) is 4.87 Å². The first-order valence-electron chi connectivity index (χ1n) is 5.24. The second-order valence-corrected chi connectivity index (χ2v) is 6.43. The van der Waals surface area contributed by atoms with Gasteiger partial charge >= 0.3 is 0 Å². The number of nitrogens with zero attached hydrogens (tertiary/aromatic N) is 1. The first-order valence-corrected chi connectivity index (χ1v) is 6.12. The zero-order valence-electron chi connectivity index (χ0n) is 8.84. The molecule has 0 amide bonds. The van der Waals surface area contributed by atoms with Crippen LogP contribution in [-0.2, 0) is 0 Å². The van der Waals surface area contributed by atoms with Gasteiger partial charge < -0.3 is 10.2 Å². The summed E-state index contributed by atoms with van der Waals surface area (Å²) in [5, 5.41) is 4.54. The van der Waals surface area contributed by atoms with Crippen molar-refractivity contribution < 1.29 is 0 Å². The molecule has 2 nitrogen and oxygen atoms in total. The average molecular weight is 200 g/mol. The number of hydrogen-bond donors (Lipinski definition) is 1. The van der Waals surface area contributed by atoms with E-state index >= 15 is 0 Å². The molecule has 2 heterocycles. The van der Waals surface area contributed by atoms with Gasteiger partial charge in [0.2, 0.25) is 0 Å². The number of nitrogens with one attached hydrogen (secondary N) is 1. The zero-order valence-corrected chi connectivity index (χ0v) is 9.66. The highest BCUT2D eigenvalue weighted by molar-refractivity contribution is 8.01. The van der Waals surface area contributed by atoms with Gasteiger partial charge in [-0.2, -0.15) is 0 Å². The lowest BCUT2D eigenvalue weighted by Crippen LogP contribution is -2.49. The molecule has 0 bridgehead atoms. The molecule has 3 unspecified atom stereocenters. The lowest BCUT2D eigenvalue weighted by atomic mass is 10.1. The lowest BCUT2D eigenvalue weighted by molar-refractivity contribution is 0.323. The Bertz CT molecular complexity index is 180. The maximum Gasteiger partial charge on any atom is 0.0791 e. The highest BCUT2D eigenvalue weighted by Crippen LogP contribution is 2.40. The minimum Gasteiger partial charge on any atom is -0.302 e. The Labute approximate surface area is 85.4 Å². The Hall–Kier alpha value is 0.270. The van der Waals surface area contributed by atoms with Crippen LogP contribution < -0.4 is 5.32 Å². The molecule has 1 spiro atoms. The van der Waals surface area contributed by atoms with Gasteiger partial charge in [0.1, 0.15) is 0 Å². The molecule has 3 atom stereocenters. The highest BCUT2D eigenvalue weighted by Gasteiger charge is 2.43. The van der Waals surface area contributed by atoms with Gasteiger partial charge in [-0.3, -0.25) is 0 Å². The van der Waals surface area contributed by atoms with Crippen LogP contribution in [0.25, 0.3) is 0 Å². The van der Waals surface area contributed by atoms with Crippen LogP contribution in [0.3, 0.4) is 0 Å². The van der Waals surface area contributed by atoms with Gasteiger partial charge in [-0.05, 0) is 33.4 Å². The molecule has 0 aromatic rings. The van der Waals surface area contributed by atoms with Crippen LogP contribution >= 0.6 is 11.8 Å². The van der Waals surface area contributed by atoms with Crippen LogP contribution in [0.15, 0.2) is 0 Å². The molecule has 2 saturated heterocycles. The van der Waals surface area contributed by atoms with E-state index < -0.39 is 0 Å². The van der Waals surface area contributed by atoms with Crippen LogP contribution in [0.5, 0.6) is 0 Å². The van der Waals surface area contributed by atoms with E-state index in [2.05, 4.69) is 42.9 Å². The summed E-state index contributed by atoms with van der Waals surface area (Å²) in [4.78, 5) is 2.85. The zero-order chi connectivity index (χ0) is 9.47. The SMILES string of the molecule is CC1CCNC2(CC(C)N(C)C2)S1. The van der Waals surface area contributed by atoms with E-state index in [9.17, 15) is 0 Å². The van der Waals surface area contributed by atoms with E-state index in [1.54, 1.807) is 0 Å².